The Labute approximate surface area is 86.2 Å². The molecule has 0 radical (unpaired) electrons. The van der Waals surface area contributed by atoms with Gasteiger partial charge in [-0.05, 0) is 17.7 Å². The summed E-state index contributed by atoms with van der Waals surface area (Å²) in [6, 6.07) is 7.18. The lowest BCUT2D eigenvalue weighted by molar-refractivity contribution is 0.282. The van der Waals surface area contributed by atoms with Crippen LogP contribution in [0.25, 0.3) is 5.69 Å². The molecule has 0 fully saturated rings. The van der Waals surface area contributed by atoms with Crippen molar-refractivity contribution < 1.29 is 5.11 Å². The highest BCUT2D eigenvalue weighted by Gasteiger charge is 2.05. The van der Waals surface area contributed by atoms with E-state index in [2.05, 4.69) is 16.2 Å². The van der Waals surface area contributed by atoms with Gasteiger partial charge >= 0.3 is 0 Å². The number of benzene rings is 1. The molecule has 2 aromatic rings. The molecule has 1 N–H and O–H groups in total. The summed E-state index contributed by atoms with van der Waals surface area (Å²) in [5.74, 6) is 0. The van der Waals surface area contributed by atoms with E-state index in [0.717, 1.165) is 0 Å². The zero-order chi connectivity index (χ0) is 10.7. The van der Waals surface area contributed by atoms with Gasteiger partial charge in [0.15, 0.2) is 0 Å². The standard InChI is InChI=1S/C10H8N4O/c11-4-9-3-8(5-15)1-2-10(9)14-7-12-6-13-14/h1-3,6-7,15H,5H2. The fourth-order valence-corrected chi connectivity index (χ4v) is 1.30. The van der Waals surface area contributed by atoms with Crippen LogP contribution >= 0.6 is 0 Å². The highest BCUT2D eigenvalue weighted by atomic mass is 16.3. The quantitative estimate of drug-likeness (QED) is 0.771. The number of hydrogen-bond donors (Lipinski definition) is 1. The largest absolute Gasteiger partial charge is 0.392 e. The zero-order valence-corrected chi connectivity index (χ0v) is 7.83. The lowest BCUT2D eigenvalue weighted by Gasteiger charge is -2.04. The number of hydrogen-bond acceptors (Lipinski definition) is 4. The van der Waals surface area contributed by atoms with Gasteiger partial charge in [0.1, 0.15) is 18.7 Å². The minimum absolute atomic E-state index is 0.0771. The smallest absolute Gasteiger partial charge is 0.138 e. The summed E-state index contributed by atoms with van der Waals surface area (Å²) < 4.78 is 1.51. The molecule has 0 saturated heterocycles. The molecule has 0 amide bonds. The van der Waals surface area contributed by atoms with Gasteiger partial charge in [-0.3, -0.25) is 0 Å². The maximum Gasteiger partial charge on any atom is 0.138 e. The van der Waals surface area contributed by atoms with E-state index in [0.29, 0.717) is 16.8 Å². The lowest BCUT2D eigenvalue weighted by atomic mass is 10.1. The monoisotopic (exact) mass is 200 g/mol. The second-order valence-electron chi connectivity index (χ2n) is 2.96. The molecule has 74 valence electrons. The normalized spacial score (nSPS) is 9.87. The topological polar surface area (TPSA) is 74.7 Å². The van der Waals surface area contributed by atoms with E-state index in [4.69, 9.17) is 10.4 Å². The van der Waals surface area contributed by atoms with Crippen molar-refractivity contribution >= 4 is 0 Å². The number of nitriles is 1. The summed E-state index contributed by atoms with van der Waals surface area (Å²) in [6.45, 7) is -0.0771. The van der Waals surface area contributed by atoms with Crippen LogP contribution in [0.1, 0.15) is 11.1 Å². The van der Waals surface area contributed by atoms with Crippen molar-refractivity contribution in [3.05, 3.63) is 42.0 Å². The van der Waals surface area contributed by atoms with Crippen LogP contribution in [-0.2, 0) is 6.61 Å². The SMILES string of the molecule is N#Cc1cc(CO)ccc1-n1cncn1. The second kappa shape index (κ2) is 3.90. The van der Waals surface area contributed by atoms with Crippen LogP contribution in [0.5, 0.6) is 0 Å². The van der Waals surface area contributed by atoms with Crippen LogP contribution in [0.15, 0.2) is 30.9 Å². The van der Waals surface area contributed by atoms with Gasteiger partial charge in [-0.15, -0.1) is 0 Å². The Morgan fingerprint density at radius 2 is 2.33 bits per heavy atom. The molecule has 5 nitrogen and oxygen atoms in total. The van der Waals surface area contributed by atoms with Gasteiger partial charge < -0.3 is 5.11 Å². The number of aliphatic hydroxyl groups is 1. The predicted molar refractivity (Wildman–Crippen MR) is 52.0 cm³/mol. The molecule has 0 atom stereocenters. The molecule has 0 bridgehead atoms. The molecule has 0 saturated carbocycles. The Balaban J connectivity index is 2.54. The molecule has 2 rings (SSSR count). The van der Waals surface area contributed by atoms with E-state index in [1.54, 1.807) is 18.2 Å². The van der Waals surface area contributed by atoms with Crippen molar-refractivity contribution in [2.24, 2.45) is 0 Å². The van der Waals surface area contributed by atoms with Crippen LogP contribution in [0.2, 0.25) is 0 Å². The van der Waals surface area contributed by atoms with Crippen molar-refractivity contribution in [3.8, 4) is 11.8 Å². The lowest BCUT2D eigenvalue weighted by Crippen LogP contribution is -1.99. The van der Waals surface area contributed by atoms with Gasteiger partial charge in [0.05, 0.1) is 17.9 Å². The summed E-state index contributed by atoms with van der Waals surface area (Å²) in [6.07, 6.45) is 2.93. The molecule has 0 spiro atoms. The molecule has 15 heavy (non-hydrogen) atoms. The fraction of sp³-hybridized carbons (Fsp3) is 0.100. The molecular formula is C10H8N4O. The summed E-state index contributed by atoms with van der Waals surface area (Å²) in [5.41, 5.74) is 1.83. The predicted octanol–water partition coefficient (Wildman–Crippen LogP) is 0.631. The van der Waals surface area contributed by atoms with E-state index in [1.165, 1.54) is 17.3 Å². The van der Waals surface area contributed by atoms with Gasteiger partial charge in [0, 0.05) is 0 Å². The van der Waals surface area contributed by atoms with Crippen LogP contribution < -0.4 is 0 Å². The third-order valence-electron chi connectivity index (χ3n) is 2.03. The van der Waals surface area contributed by atoms with Crippen molar-refractivity contribution in [2.75, 3.05) is 0 Å². The number of aliphatic hydroxyl groups excluding tert-OH is 1. The molecule has 1 aromatic carbocycles. The first-order chi connectivity index (χ1) is 7.35. The maximum absolute atomic E-state index is 8.94. The molecule has 0 aliphatic heterocycles. The maximum atomic E-state index is 8.94. The van der Waals surface area contributed by atoms with Crippen molar-refractivity contribution in [1.29, 1.82) is 5.26 Å². The Kier molecular flexibility index (Phi) is 2.44. The average Bonchev–Trinajstić information content (AvgIpc) is 2.81. The highest BCUT2D eigenvalue weighted by Crippen LogP contribution is 2.14. The van der Waals surface area contributed by atoms with Crippen LogP contribution in [0.3, 0.4) is 0 Å². The Morgan fingerprint density at radius 3 is 2.93 bits per heavy atom. The molecule has 0 aliphatic rings. The molecule has 1 aromatic heterocycles. The van der Waals surface area contributed by atoms with Crippen molar-refractivity contribution in [3.63, 3.8) is 0 Å². The molecule has 0 unspecified atom stereocenters. The van der Waals surface area contributed by atoms with Gasteiger partial charge in [0.2, 0.25) is 0 Å². The van der Waals surface area contributed by atoms with E-state index in [9.17, 15) is 0 Å². The van der Waals surface area contributed by atoms with Gasteiger partial charge in [-0.2, -0.15) is 10.4 Å². The summed E-state index contributed by atoms with van der Waals surface area (Å²) in [5, 5.41) is 21.8. The van der Waals surface area contributed by atoms with E-state index < -0.39 is 0 Å². The first kappa shape index (κ1) is 9.37. The Morgan fingerprint density at radius 1 is 1.47 bits per heavy atom. The summed E-state index contributed by atoms with van der Waals surface area (Å²) >= 11 is 0. The fourth-order valence-electron chi connectivity index (χ4n) is 1.30. The van der Waals surface area contributed by atoms with Gasteiger partial charge in [-0.25, -0.2) is 9.67 Å². The summed E-state index contributed by atoms with van der Waals surface area (Å²) in [7, 11) is 0. The van der Waals surface area contributed by atoms with Crippen LogP contribution in [0, 0.1) is 11.3 Å². The van der Waals surface area contributed by atoms with Crippen LogP contribution in [-0.4, -0.2) is 19.9 Å². The minimum atomic E-state index is -0.0771. The Bertz CT molecular complexity index is 499. The Hall–Kier alpha value is -2.19. The van der Waals surface area contributed by atoms with Gasteiger partial charge in [-0.1, -0.05) is 6.07 Å². The number of aromatic nitrogens is 3. The number of nitrogens with zero attached hydrogens (tertiary/aromatic N) is 4. The second-order valence-corrected chi connectivity index (χ2v) is 2.96. The minimum Gasteiger partial charge on any atom is -0.392 e. The van der Waals surface area contributed by atoms with Gasteiger partial charge in [0.25, 0.3) is 0 Å². The molecular weight excluding hydrogens is 192 g/mol. The first-order valence-electron chi connectivity index (χ1n) is 4.34. The molecule has 1 heterocycles. The third-order valence-corrected chi connectivity index (χ3v) is 2.03. The molecule has 0 aliphatic carbocycles. The third kappa shape index (κ3) is 1.71. The van der Waals surface area contributed by atoms with E-state index in [-0.39, 0.29) is 6.61 Å². The summed E-state index contributed by atoms with van der Waals surface area (Å²) in [4.78, 5) is 3.81. The highest BCUT2D eigenvalue weighted by molar-refractivity contribution is 5.49. The first-order valence-corrected chi connectivity index (χ1v) is 4.34. The van der Waals surface area contributed by atoms with Crippen molar-refractivity contribution in [1.82, 2.24) is 14.8 Å². The number of rotatable bonds is 2. The zero-order valence-electron chi connectivity index (χ0n) is 7.83. The average molecular weight is 200 g/mol. The molecule has 5 heteroatoms. The van der Waals surface area contributed by atoms with E-state index in [1.807, 2.05) is 0 Å². The van der Waals surface area contributed by atoms with Crippen LogP contribution in [0.4, 0.5) is 0 Å². The van der Waals surface area contributed by atoms with E-state index >= 15 is 0 Å². The van der Waals surface area contributed by atoms with Crippen molar-refractivity contribution in [2.45, 2.75) is 6.61 Å².